The van der Waals surface area contributed by atoms with Crippen molar-refractivity contribution in [3.05, 3.63) is 63.8 Å². The number of methoxy groups -OCH3 is 3. The van der Waals surface area contributed by atoms with E-state index in [9.17, 15) is 9.59 Å². The molecule has 4 N–H and O–H groups in total. The maximum atomic E-state index is 12.9. The van der Waals surface area contributed by atoms with Crippen LogP contribution in [0, 0.1) is 5.41 Å². The van der Waals surface area contributed by atoms with Crippen molar-refractivity contribution in [2.24, 2.45) is 0 Å². The highest BCUT2D eigenvalue weighted by molar-refractivity contribution is 7.19. The topological polar surface area (TPSA) is 161 Å². The third-order valence-electron chi connectivity index (χ3n) is 4.80. The lowest BCUT2D eigenvalue weighted by atomic mass is 10.1. The number of benzene rings is 1. The van der Waals surface area contributed by atoms with Crippen molar-refractivity contribution >= 4 is 39.4 Å². The number of rotatable bonds is 12. The zero-order valence-electron chi connectivity index (χ0n) is 20.1. The van der Waals surface area contributed by atoms with Crippen LogP contribution in [0.4, 0.5) is 16.0 Å². The Morgan fingerprint density at radius 2 is 1.89 bits per heavy atom. The molecular formula is C23H26N6O6S. The van der Waals surface area contributed by atoms with E-state index in [0.717, 1.165) is 23.1 Å². The summed E-state index contributed by atoms with van der Waals surface area (Å²) in [4.78, 5) is 25.5. The van der Waals surface area contributed by atoms with Crippen LogP contribution >= 0.6 is 11.3 Å². The molecule has 13 heteroatoms. The summed E-state index contributed by atoms with van der Waals surface area (Å²) in [7, 11) is 4.44. The molecular weight excluding hydrogens is 488 g/mol. The molecule has 190 valence electrons. The van der Waals surface area contributed by atoms with Crippen LogP contribution in [0.2, 0.25) is 0 Å². The van der Waals surface area contributed by atoms with Gasteiger partial charge in [-0.05, 0) is 19.1 Å². The second-order valence-corrected chi connectivity index (χ2v) is 8.22. The van der Waals surface area contributed by atoms with E-state index in [-0.39, 0.29) is 28.9 Å². The predicted molar refractivity (Wildman–Crippen MR) is 137 cm³/mol. The summed E-state index contributed by atoms with van der Waals surface area (Å²) in [6.45, 7) is 1.99. The van der Waals surface area contributed by atoms with Crippen molar-refractivity contribution in [3.63, 3.8) is 0 Å². The van der Waals surface area contributed by atoms with E-state index in [0.29, 0.717) is 16.6 Å². The number of ether oxygens (including phenoxy) is 3. The molecule has 3 rings (SSSR count). The number of carbonyl (C=O) groups excluding carboxylic acids is 1. The minimum absolute atomic E-state index is 0.0987. The normalized spacial score (nSPS) is 11.9. The van der Waals surface area contributed by atoms with Crippen LogP contribution in [-0.4, -0.2) is 50.3 Å². The molecule has 3 aromatic rings. The van der Waals surface area contributed by atoms with E-state index in [1.54, 1.807) is 27.2 Å². The minimum atomic E-state index is -0.837. The van der Waals surface area contributed by atoms with Gasteiger partial charge in [0.2, 0.25) is 16.0 Å². The number of para-hydroxylation sites is 1. The Labute approximate surface area is 210 Å². The van der Waals surface area contributed by atoms with Crippen molar-refractivity contribution in [1.82, 2.24) is 10.2 Å². The number of hydrogen-bond acceptors (Lipinski definition) is 12. The van der Waals surface area contributed by atoms with Gasteiger partial charge in [0.1, 0.15) is 5.75 Å². The first-order valence-electron chi connectivity index (χ1n) is 10.6. The average molecular weight is 515 g/mol. The molecule has 0 aliphatic rings. The van der Waals surface area contributed by atoms with Gasteiger partial charge >= 0.3 is 5.63 Å². The van der Waals surface area contributed by atoms with E-state index < -0.39 is 17.6 Å². The summed E-state index contributed by atoms with van der Waals surface area (Å²) < 4.78 is 21.2. The molecule has 2 aromatic heterocycles. The van der Waals surface area contributed by atoms with Gasteiger partial charge in [-0.2, -0.15) is 0 Å². The SMILES string of the molecule is COC[C@H](Nc1cc(C(=O)Nc2nnc(N/C(C)=C\C=N)s2)oc(=O)c1OC)c1ccccc1OC. The van der Waals surface area contributed by atoms with Crippen molar-refractivity contribution in [3.8, 4) is 11.5 Å². The Balaban J connectivity index is 1.87. The molecule has 0 radical (unpaired) electrons. The number of carbonyl (C=O) groups is 1. The first-order valence-corrected chi connectivity index (χ1v) is 11.4. The molecule has 0 unspecified atom stereocenters. The zero-order chi connectivity index (χ0) is 26.1. The second kappa shape index (κ2) is 12.5. The Morgan fingerprint density at radius 1 is 1.17 bits per heavy atom. The summed E-state index contributed by atoms with van der Waals surface area (Å²) in [5.74, 6) is -0.436. The number of hydrogen-bond donors (Lipinski definition) is 4. The lowest BCUT2D eigenvalue weighted by Gasteiger charge is -2.22. The van der Waals surface area contributed by atoms with Gasteiger partial charge in [0.15, 0.2) is 5.76 Å². The molecule has 12 nitrogen and oxygen atoms in total. The second-order valence-electron chi connectivity index (χ2n) is 7.25. The zero-order valence-corrected chi connectivity index (χ0v) is 20.9. The number of nitrogens with zero attached hydrogens (tertiary/aromatic N) is 2. The quantitative estimate of drug-likeness (QED) is 0.263. The summed E-state index contributed by atoms with van der Waals surface area (Å²) in [5.41, 5.74) is 0.857. The summed E-state index contributed by atoms with van der Waals surface area (Å²) in [5, 5.41) is 24.2. The molecule has 36 heavy (non-hydrogen) atoms. The Hall–Kier alpha value is -4.23. The highest BCUT2D eigenvalue weighted by Crippen LogP contribution is 2.31. The van der Waals surface area contributed by atoms with Crippen LogP contribution in [0.3, 0.4) is 0 Å². The molecule has 0 spiro atoms. The van der Waals surface area contributed by atoms with Gasteiger partial charge in [0.25, 0.3) is 5.91 Å². The number of nitrogens with one attached hydrogen (secondary N) is 4. The number of anilines is 3. The fraction of sp³-hybridized carbons (Fsp3) is 0.261. The summed E-state index contributed by atoms with van der Waals surface area (Å²) in [6.07, 6.45) is 2.68. The van der Waals surface area contributed by atoms with Crippen LogP contribution in [-0.2, 0) is 4.74 Å². The van der Waals surface area contributed by atoms with Crippen LogP contribution < -0.4 is 31.0 Å². The van der Waals surface area contributed by atoms with E-state index in [1.807, 2.05) is 24.3 Å². The smallest absolute Gasteiger partial charge is 0.381 e. The van der Waals surface area contributed by atoms with Crippen LogP contribution in [0.5, 0.6) is 11.5 Å². The van der Waals surface area contributed by atoms with Gasteiger partial charge in [-0.15, -0.1) is 10.2 Å². The molecule has 0 saturated carbocycles. The molecule has 0 bridgehead atoms. The summed E-state index contributed by atoms with van der Waals surface area (Å²) in [6, 6.07) is 8.29. The molecule has 1 amide bonds. The molecule has 1 aromatic carbocycles. The average Bonchev–Trinajstić information content (AvgIpc) is 3.29. The van der Waals surface area contributed by atoms with Crippen molar-refractivity contribution in [2.45, 2.75) is 13.0 Å². The lowest BCUT2D eigenvalue weighted by Crippen LogP contribution is -2.21. The molecule has 0 aliphatic heterocycles. The molecule has 1 atom stereocenters. The number of aromatic nitrogens is 2. The highest BCUT2D eigenvalue weighted by Gasteiger charge is 2.23. The first kappa shape index (κ1) is 26.4. The fourth-order valence-corrected chi connectivity index (χ4v) is 3.93. The van der Waals surface area contributed by atoms with Gasteiger partial charge in [-0.25, -0.2) is 4.79 Å². The van der Waals surface area contributed by atoms with Crippen molar-refractivity contribution in [2.75, 3.05) is 43.9 Å². The lowest BCUT2D eigenvalue weighted by molar-refractivity contribution is 0.0991. The maximum absolute atomic E-state index is 12.9. The fourth-order valence-electron chi connectivity index (χ4n) is 3.23. The van der Waals surface area contributed by atoms with Crippen molar-refractivity contribution < 1.29 is 23.4 Å². The van der Waals surface area contributed by atoms with Gasteiger partial charge in [0.05, 0.1) is 32.6 Å². The Bertz CT molecular complexity index is 1300. The van der Waals surface area contributed by atoms with Crippen LogP contribution in [0.15, 0.2) is 51.3 Å². The van der Waals surface area contributed by atoms with E-state index in [4.69, 9.17) is 24.0 Å². The largest absolute Gasteiger partial charge is 0.496 e. The van der Waals surface area contributed by atoms with Crippen LogP contribution in [0.25, 0.3) is 0 Å². The van der Waals surface area contributed by atoms with Gasteiger partial charge in [-0.1, -0.05) is 29.5 Å². The Kier molecular flexibility index (Phi) is 9.13. The highest BCUT2D eigenvalue weighted by atomic mass is 32.1. The number of amides is 1. The molecule has 0 fully saturated rings. The molecule has 0 saturated heterocycles. The first-order chi connectivity index (χ1) is 17.4. The number of allylic oxidation sites excluding steroid dienone is 2. The van der Waals surface area contributed by atoms with E-state index in [1.165, 1.54) is 13.2 Å². The predicted octanol–water partition coefficient (Wildman–Crippen LogP) is 3.53. The summed E-state index contributed by atoms with van der Waals surface area (Å²) >= 11 is 1.07. The third-order valence-corrected chi connectivity index (χ3v) is 5.55. The monoisotopic (exact) mass is 514 g/mol. The van der Waals surface area contributed by atoms with E-state index in [2.05, 4.69) is 26.1 Å². The molecule has 2 heterocycles. The van der Waals surface area contributed by atoms with Crippen molar-refractivity contribution in [1.29, 1.82) is 5.41 Å². The van der Waals surface area contributed by atoms with Gasteiger partial charge in [-0.3, -0.25) is 10.1 Å². The van der Waals surface area contributed by atoms with Gasteiger partial charge < -0.3 is 34.7 Å². The van der Waals surface area contributed by atoms with Crippen LogP contribution in [0.1, 0.15) is 29.1 Å². The third kappa shape index (κ3) is 6.46. The Morgan fingerprint density at radius 3 is 2.56 bits per heavy atom. The van der Waals surface area contributed by atoms with Gasteiger partial charge in [0, 0.05) is 30.7 Å². The minimum Gasteiger partial charge on any atom is -0.496 e. The standard InChI is InChI=1S/C23H26N6O6S/c1-13(9-10-24)25-22-28-29-23(36-22)27-20(30)18-11-15(19(34-4)21(31)35-18)26-16(12-32-2)14-7-5-6-8-17(14)33-3/h5-11,16,24,26H,12H2,1-4H3,(H,25,28)(H,27,29,30)/b13-9-,24-10?/t16-/m0/s1. The maximum Gasteiger partial charge on any atom is 0.381 e. The molecule has 0 aliphatic carbocycles. The van der Waals surface area contributed by atoms with E-state index >= 15 is 0 Å².